The molecular formula is C21H30N4O2. The smallest absolute Gasteiger partial charge is 0.252 e. The molecule has 0 aliphatic heterocycles. The predicted molar refractivity (Wildman–Crippen MR) is 102 cm³/mol. The fourth-order valence-electron chi connectivity index (χ4n) is 5.50. The highest BCUT2D eigenvalue weighted by molar-refractivity contribution is 5.93. The number of anilines is 1. The van der Waals surface area contributed by atoms with Gasteiger partial charge in [-0.1, -0.05) is 0 Å². The second-order valence-corrected chi connectivity index (χ2v) is 9.36. The zero-order chi connectivity index (χ0) is 18.4. The summed E-state index contributed by atoms with van der Waals surface area (Å²) in [6.45, 7) is 0. The lowest BCUT2D eigenvalue weighted by atomic mass is 9.67. The van der Waals surface area contributed by atoms with E-state index in [2.05, 4.69) is 10.3 Å². The van der Waals surface area contributed by atoms with E-state index in [4.69, 9.17) is 15.5 Å². The lowest BCUT2D eigenvalue weighted by Crippen LogP contribution is -2.33. The van der Waals surface area contributed by atoms with E-state index < -0.39 is 5.91 Å². The third kappa shape index (κ3) is 3.68. The van der Waals surface area contributed by atoms with Gasteiger partial charge in [0.1, 0.15) is 0 Å². The third-order valence-electron chi connectivity index (χ3n) is 7.12. The summed E-state index contributed by atoms with van der Waals surface area (Å²) in [6.07, 6.45) is 15.4. The number of rotatable bonds is 7. The van der Waals surface area contributed by atoms with Crippen molar-refractivity contribution in [2.45, 2.75) is 88.9 Å². The average molecular weight is 370 g/mol. The Morgan fingerprint density at radius 1 is 1.15 bits per heavy atom. The third-order valence-corrected chi connectivity index (χ3v) is 7.12. The van der Waals surface area contributed by atoms with Crippen molar-refractivity contribution in [3.8, 4) is 0 Å². The first-order valence-corrected chi connectivity index (χ1v) is 10.7. The number of primary amides is 1. The second kappa shape index (κ2) is 6.73. The molecule has 1 aromatic rings. The van der Waals surface area contributed by atoms with Crippen LogP contribution in [-0.2, 0) is 11.2 Å². The standard InChI is InChI=1S/C21H30N4O2/c22-19(26)17-12-23-20(25-18(17)11-21-8-7-13(9-21)10-21)24-14-1-3-15(4-2-14)27-16-5-6-16/h12-16H,1-11H2,(H2,22,26)(H,23,24,25). The van der Waals surface area contributed by atoms with Gasteiger partial charge in [0.15, 0.2) is 0 Å². The van der Waals surface area contributed by atoms with E-state index in [1.165, 1.54) is 38.5 Å². The van der Waals surface area contributed by atoms with Crippen LogP contribution in [0.25, 0.3) is 0 Å². The molecule has 3 N–H and O–H groups in total. The van der Waals surface area contributed by atoms with Gasteiger partial charge in [-0.2, -0.15) is 0 Å². The highest BCUT2D eigenvalue weighted by atomic mass is 16.5. The molecule has 5 fully saturated rings. The number of hydrogen-bond donors (Lipinski definition) is 2. The summed E-state index contributed by atoms with van der Waals surface area (Å²) < 4.78 is 6.04. The predicted octanol–water partition coefficient (Wildman–Crippen LogP) is 3.21. The van der Waals surface area contributed by atoms with Crippen LogP contribution >= 0.6 is 0 Å². The van der Waals surface area contributed by atoms with Crippen LogP contribution in [0.2, 0.25) is 0 Å². The number of carbonyl (C=O) groups excluding carboxylic acids is 1. The Balaban J connectivity index is 1.24. The monoisotopic (exact) mass is 370 g/mol. The molecule has 6 rings (SSSR count). The van der Waals surface area contributed by atoms with E-state index >= 15 is 0 Å². The SMILES string of the molecule is NC(=O)c1cnc(NC2CCC(OC3CC3)CC2)nc1CC12CCC(C1)C2. The molecule has 6 nitrogen and oxygen atoms in total. The van der Waals surface area contributed by atoms with Crippen LogP contribution in [-0.4, -0.2) is 34.1 Å². The van der Waals surface area contributed by atoms with Crippen LogP contribution in [0.4, 0.5) is 5.95 Å². The van der Waals surface area contributed by atoms with Gasteiger partial charge in [-0.3, -0.25) is 4.79 Å². The minimum atomic E-state index is -0.417. The maximum atomic E-state index is 11.9. The maximum Gasteiger partial charge on any atom is 0.252 e. The Morgan fingerprint density at radius 3 is 2.44 bits per heavy atom. The highest BCUT2D eigenvalue weighted by Gasteiger charge is 2.50. The topological polar surface area (TPSA) is 90.1 Å². The molecule has 6 heteroatoms. The molecule has 5 aliphatic carbocycles. The molecule has 0 spiro atoms. The van der Waals surface area contributed by atoms with Gasteiger partial charge in [0.2, 0.25) is 5.95 Å². The molecule has 27 heavy (non-hydrogen) atoms. The first-order chi connectivity index (χ1) is 13.1. The van der Waals surface area contributed by atoms with Gasteiger partial charge < -0.3 is 15.8 Å². The van der Waals surface area contributed by atoms with Gasteiger partial charge in [-0.05, 0) is 82.0 Å². The van der Waals surface area contributed by atoms with Gasteiger partial charge >= 0.3 is 0 Å². The molecule has 1 amide bonds. The number of amides is 1. The quantitative estimate of drug-likeness (QED) is 0.769. The first-order valence-electron chi connectivity index (χ1n) is 10.7. The van der Waals surface area contributed by atoms with Crippen LogP contribution in [0.3, 0.4) is 0 Å². The van der Waals surface area contributed by atoms with Crippen molar-refractivity contribution in [2.75, 3.05) is 5.32 Å². The van der Waals surface area contributed by atoms with Crippen molar-refractivity contribution >= 4 is 11.9 Å². The van der Waals surface area contributed by atoms with Crippen LogP contribution in [0.1, 0.15) is 80.3 Å². The second-order valence-electron chi connectivity index (χ2n) is 9.36. The Bertz CT molecular complexity index is 713. The summed E-state index contributed by atoms with van der Waals surface area (Å²) in [7, 11) is 0. The Kier molecular flexibility index (Phi) is 4.34. The van der Waals surface area contributed by atoms with Crippen LogP contribution < -0.4 is 11.1 Å². The van der Waals surface area contributed by atoms with Crippen molar-refractivity contribution < 1.29 is 9.53 Å². The van der Waals surface area contributed by atoms with Gasteiger partial charge in [0.05, 0.1) is 23.5 Å². The molecule has 5 saturated carbocycles. The fraction of sp³-hybridized carbons (Fsp3) is 0.762. The molecule has 5 aliphatic rings. The molecule has 2 bridgehead atoms. The van der Waals surface area contributed by atoms with E-state index in [0.29, 0.717) is 35.2 Å². The minimum absolute atomic E-state index is 0.360. The van der Waals surface area contributed by atoms with E-state index in [0.717, 1.165) is 43.7 Å². The van der Waals surface area contributed by atoms with E-state index in [9.17, 15) is 4.79 Å². The van der Waals surface area contributed by atoms with E-state index in [-0.39, 0.29) is 0 Å². The molecule has 0 unspecified atom stereocenters. The zero-order valence-corrected chi connectivity index (χ0v) is 16.0. The molecule has 146 valence electrons. The fourth-order valence-corrected chi connectivity index (χ4v) is 5.50. The summed E-state index contributed by atoms with van der Waals surface area (Å²) in [4.78, 5) is 21.0. The number of aromatic nitrogens is 2. The summed E-state index contributed by atoms with van der Waals surface area (Å²) in [5.41, 5.74) is 7.28. The number of nitrogens with one attached hydrogen (secondary N) is 1. The lowest BCUT2D eigenvalue weighted by Gasteiger charge is -2.38. The Labute approximate surface area is 160 Å². The van der Waals surface area contributed by atoms with E-state index in [1.54, 1.807) is 6.20 Å². The largest absolute Gasteiger partial charge is 0.375 e. The van der Waals surface area contributed by atoms with Crippen LogP contribution in [0, 0.1) is 11.3 Å². The number of fused-ring (bicyclic) bond motifs is 1. The van der Waals surface area contributed by atoms with Crippen LogP contribution in [0.15, 0.2) is 6.20 Å². The molecule has 1 aromatic heterocycles. The normalized spacial score (nSPS) is 34.9. The number of ether oxygens (including phenoxy) is 1. The van der Waals surface area contributed by atoms with Crippen molar-refractivity contribution in [3.05, 3.63) is 17.5 Å². The average Bonchev–Trinajstić information content (AvgIpc) is 3.22. The maximum absolute atomic E-state index is 11.9. The van der Waals surface area contributed by atoms with Gasteiger partial charge in [-0.25, -0.2) is 9.97 Å². The Morgan fingerprint density at radius 2 is 1.85 bits per heavy atom. The Hall–Kier alpha value is -1.69. The highest BCUT2D eigenvalue weighted by Crippen LogP contribution is 2.60. The number of nitrogens with two attached hydrogens (primary N) is 1. The van der Waals surface area contributed by atoms with Crippen LogP contribution in [0.5, 0.6) is 0 Å². The molecule has 0 aromatic carbocycles. The first kappa shape index (κ1) is 17.4. The van der Waals surface area contributed by atoms with Crippen molar-refractivity contribution in [1.82, 2.24) is 9.97 Å². The van der Waals surface area contributed by atoms with E-state index in [1.807, 2.05) is 0 Å². The summed E-state index contributed by atoms with van der Waals surface area (Å²) in [5, 5.41) is 3.50. The van der Waals surface area contributed by atoms with Crippen molar-refractivity contribution in [1.29, 1.82) is 0 Å². The van der Waals surface area contributed by atoms with Gasteiger partial charge in [-0.15, -0.1) is 0 Å². The number of carbonyl (C=O) groups is 1. The summed E-state index contributed by atoms with van der Waals surface area (Å²) in [5.74, 6) is 1.13. The number of nitrogens with zero attached hydrogens (tertiary/aromatic N) is 2. The molecule has 1 heterocycles. The molecule has 0 saturated heterocycles. The minimum Gasteiger partial charge on any atom is -0.375 e. The molecule has 0 atom stereocenters. The zero-order valence-electron chi connectivity index (χ0n) is 16.0. The summed E-state index contributed by atoms with van der Waals surface area (Å²) >= 11 is 0. The molecular weight excluding hydrogens is 340 g/mol. The number of hydrogen-bond acceptors (Lipinski definition) is 5. The van der Waals surface area contributed by atoms with Crippen molar-refractivity contribution in [2.24, 2.45) is 17.1 Å². The summed E-state index contributed by atoms with van der Waals surface area (Å²) in [6, 6.07) is 0.383. The van der Waals surface area contributed by atoms with Crippen molar-refractivity contribution in [3.63, 3.8) is 0 Å². The lowest BCUT2D eigenvalue weighted by molar-refractivity contribution is 0.0146. The van der Waals surface area contributed by atoms with Gasteiger partial charge in [0, 0.05) is 12.2 Å². The molecule has 0 radical (unpaired) electrons. The van der Waals surface area contributed by atoms with Gasteiger partial charge in [0.25, 0.3) is 5.91 Å².